The van der Waals surface area contributed by atoms with Crippen molar-refractivity contribution in [3.05, 3.63) is 11.6 Å². The van der Waals surface area contributed by atoms with E-state index in [1.165, 1.54) is 31.3 Å². The van der Waals surface area contributed by atoms with Crippen LogP contribution < -0.4 is 0 Å². The minimum atomic E-state index is -0.156. The Balaban J connectivity index is 2.16. The van der Waals surface area contributed by atoms with Crippen LogP contribution in [0.25, 0.3) is 0 Å². The molecule has 1 aliphatic rings. The van der Waals surface area contributed by atoms with Crippen molar-refractivity contribution in [3.63, 3.8) is 0 Å². The molecular weight excluding hydrogens is 164 g/mol. The van der Waals surface area contributed by atoms with Crippen LogP contribution in [-0.4, -0.2) is 12.6 Å². The van der Waals surface area contributed by atoms with Gasteiger partial charge in [0, 0.05) is 12.5 Å². The zero-order valence-electron chi connectivity index (χ0n) is 8.34. The first kappa shape index (κ1) is 10.3. The van der Waals surface area contributed by atoms with Gasteiger partial charge in [-0.1, -0.05) is 31.8 Å². The van der Waals surface area contributed by atoms with E-state index < -0.39 is 0 Å². The number of hydrogen-bond acceptors (Lipinski definition) is 2. The number of esters is 1. The SMILES string of the molecule is CCCCCCC1=CC(=O)OCC1. The van der Waals surface area contributed by atoms with Crippen LogP contribution in [0.15, 0.2) is 11.6 Å². The minimum Gasteiger partial charge on any atom is -0.462 e. The quantitative estimate of drug-likeness (QED) is 0.482. The van der Waals surface area contributed by atoms with Crippen LogP contribution in [0.5, 0.6) is 0 Å². The van der Waals surface area contributed by atoms with E-state index in [9.17, 15) is 4.79 Å². The van der Waals surface area contributed by atoms with E-state index in [4.69, 9.17) is 4.74 Å². The largest absolute Gasteiger partial charge is 0.462 e. The molecule has 0 saturated carbocycles. The molecule has 0 aliphatic carbocycles. The Labute approximate surface area is 80.0 Å². The average Bonchev–Trinajstić information content (AvgIpc) is 2.13. The number of hydrogen-bond donors (Lipinski definition) is 0. The van der Waals surface area contributed by atoms with Gasteiger partial charge in [0.2, 0.25) is 0 Å². The van der Waals surface area contributed by atoms with Crippen molar-refractivity contribution >= 4 is 5.97 Å². The first-order valence-corrected chi connectivity index (χ1v) is 5.19. The molecule has 2 nitrogen and oxygen atoms in total. The molecule has 0 amide bonds. The molecule has 2 heteroatoms. The van der Waals surface area contributed by atoms with Gasteiger partial charge >= 0.3 is 5.97 Å². The Morgan fingerprint density at radius 3 is 2.92 bits per heavy atom. The lowest BCUT2D eigenvalue weighted by atomic mass is 10.0. The third-order valence-corrected chi connectivity index (χ3v) is 2.34. The normalized spacial score (nSPS) is 16.7. The van der Waals surface area contributed by atoms with Crippen molar-refractivity contribution in [2.75, 3.05) is 6.61 Å². The van der Waals surface area contributed by atoms with Gasteiger partial charge in [-0.05, 0) is 12.8 Å². The molecule has 0 unspecified atom stereocenters. The highest BCUT2D eigenvalue weighted by atomic mass is 16.5. The van der Waals surface area contributed by atoms with E-state index in [0.717, 1.165) is 12.8 Å². The smallest absolute Gasteiger partial charge is 0.330 e. The molecule has 0 N–H and O–H groups in total. The monoisotopic (exact) mass is 182 g/mol. The third kappa shape index (κ3) is 4.11. The summed E-state index contributed by atoms with van der Waals surface area (Å²) in [6.45, 7) is 2.79. The van der Waals surface area contributed by atoms with Crippen molar-refractivity contribution in [3.8, 4) is 0 Å². The molecule has 0 spiro atoms. The van der Waals surface area contributed by atoms with E-state index in [1.54, 1.807) is 6.08 Å². The summed E-state index contributed by atoms with van der Waals surface area (Å²) < 4.78 is 4.82. The van der Waals surface area contributed by atoms with Gasteiger partial charge in [0.25, 0.3) is 0 Å². The van der Waals surface area contributed by atoms with Crippen molar-refractivity contribution < 1.29 is 9.53 Å². The first-order chi connectivity index (χ1) is 6.33. The molecule has 74 valence electrons. The molecule has 0 aromatic rings. The van der Waals surface area contributed by atoms with Crippen LogP contribution in [0.2, 0.25) is 0 Å². The average molecular weight is 182 g/mol. The van der Waals surface area contributed by atoms with Crippen molar-refractivity contribution in [1.82, 2.24) is 0 Å². The second-order valence-electron chi connectivity index (χ2n) is 3.53. The number of ether oxygens (including phenoxy) is 1. The number of cyclic esters (lactones) is 1. The van der Waals surface area contributed by atoms with E-state index in [1.807, 2.05) is 0 Å². The maximum Gasteiger partial charge on any atom is 0.330 e. The summed E-state index contributed by atoms with van der Waals surface area (Å²) in [5.74, 6) is -0.156. The Hall–Kier alpha value is -0.790. The summed E-state index contributed by atoms with van der Waals surface area (Å²) in [6.07, 6.45) is 8.75. The predicted molar refractivity (Wildman–Crippen MR) is 52.4 cm³/mol. The van der Waals surface area contributed by atoms with E-state index in [2.05, 4.69) is 6.92 Å². The minimum absolute atomic E-state index is 0.156. The number of carbonyl (C=O) groups is 1. The molecule has 0 aromatic carbocycles. The van der Waals surface area contributed by atoms with Crippen molar-refractivity contribution in [1.29, 1.82) is 0 Å². The van der Waals surface area contributed by atoms with Gasteiger partial charge in [0.1, 0.15) is 0 Å². The number of carbonyl (C=O) groups excluding carboxylic acids is 1. The zero-order chi connectivity index (χ0) is 9.52. The molecule has 0 atom stereocenters. The van der Waals surface area contributed by atoms with Crippen LogP contribution in [0, 0.1) is 0 Å². The second kappa shape index (κ2) is 5.79. The summed E-state index contributed by atoms with van der Waals surface area (Å²) in [5.41, 5.74) is 1.27. The molecular formula is C11H18O2. The van der Waals surface area contributed by atoms with E-state index in [0.29, 0.717) is 6.61 Å². The molecule has 1 heterocycles. The summed E-state index contributed by atoms with van der Waals surface area (Å²) in [7, 11) is 0. The van der Waals surface area contributed by atoms with Crippen LogP contribution in [-0.2, 0) is 9.53 Å². The van der Waals surface area contributed by atoms with Gasteiger partial charge in [0.05, 0.1) is 6.61 Å². The highest BCUT2D eigenvalue weighted by Gasteiger charge is 2.09. The van der Waals surface area contributed by atoms with Gasteiger partial charge in [-0.25, -0.2) is 4.79 Å². The lowest BCUT2D eigenvalue weighted by Crippen LogP contribution is -2.10. The fourth-order valence-corrected chi connectivity index (χ4v) is 1.54. The van der Waals surface area contributed by atoms with Crippen LogP contribution in [0.1, 0.15) is 45.4 Å². The topological polar surface area (TPSA) is 26.3 Å². The van der Waals surface area contributed by atoms with Crippen molar-refractivity contribution in [2.24, 2.45) is 0 Å². The zero-order valence-corrected chi connectivity index (χ0v) is 8.34. The van der Waals surface area contributed by atoms with Gasteiger partial charge in [-0.15, -0.1) is 0 Å². The first-order valence-electron chi connectivity index (χ1n) is 5.19. The Kier molecular flexibility index (Phi) is 4.58. The summed E-state index contributed by atoms with van der Waals surface area (Å²) >= 11 is 0. The van der Waals surface area contributed by atoms with Gasteiger partial charge in [0.15, 0.2) is 0 Å². The fraction of sp³-hybridized carbons (Fsp3) is 0.727. The maximum atomic E-state index is 10.9. The Morgan fingerprint density at radius 1 is 1.38 bits per heavy atom. The summed E-state index contributed by atoms with van der Waals surface area (Å²) in [4.78, 5) is 10.9. The summed E-state index contributed by atoms with van der Waals surface area (Å²) in [6, 6.07) is 0. The summed E-state index contributed by atoms with van der Waals surface area (Å²) in [5, 5.41) is 0. The second-order valence-corrected chi connectivity index (χ2v) is 3.53. The Morgan fingerprint density at radius 2 is 2.23 bits per heavy atom. The van der Waals surface area contributed by atoms with Gasteiger partial charge < -0.3 is 4.74 Å². The molecule has 1 rings (SSSR count). The third-order valence-electron chi connectivity index (χ3n) is 2.34. The molecule has 13 heavy (non-hydrogen) atoms. The molecule has 1 aliphatic heterocycles. The lowest BCUT2D eigenvalue weighted by molar-refractivity contribution is -0.138. The highest BCUT2D eigenvalue weighted by Crippen LogP contribution is 2.16. The lowest BCUT2D eigenvalue weighted by Gasteiger charge is -2.12. The van der Waals surface area contributed by atoms with E-state index >= 15 is 0 Å². The highest BCUT2D eigenvalue weighted by molar-refractivity contribution is 5.83. The number of rotatable bonds is 5. The van der Waals surface area contributed by atoms with Crippen LogP contribution in [0.4, 0.5) is 0 Å². The molecule has 0 radical (unpaired) electrons. The fourth-order valence-electron chi connectivity index (χ4n) is 1.54. The standard InChI is InChI=1S/C11H18O2/c1-2-3-4-5-6-10-7-8-13-11(12)9-10/h9H,2-8H2,1H3. The van der Waals surface area contributed by atoms with Gasteiger partial charge in [-0.2, -0.15) is 0 Å². The molecule has 0 bridgehead atoms. The molecule has 0 fully saturated rings. The van der Waals surface area contributed by atoms with Crippen molar-refractivity contribution in [2.45, 2.75) is 45.4 Å². The number of unbranched alkanes of at least 4 members (excludes halogenated alkanes) is 3. The Bertz CT molecular complexity index is 194. The van der Waals surface area contributed by atoms with Crippen LogP contribution in [0.3, 0.4) is 0 Å². The molecule has 0 aromatic heterocycles. The predicted octanol–water partition coefficient (Wildman–Crippen LogP) is 2.83. The molecule has 0 saturated heterocycles. The van der Waals surface area contributed by atoms with Gasteiger partial charge in [-0.3, -0.25) is 0 Å². The van der Waals surface area contributed by atoms with Crippen LogP contribution >= 0.6 is 0 Å². The maximum absolute atomic E-state index is 10.9. The van der Waals surface area contributed by atoms with E-state index in [-0.39, 0.29) is 5.97 Å².